The Labute approximate surface area is 210 Å². The molecule has 2 aromatic rings. The van der Waals surface area contributed by atoms with Gasteiger partial charge in [0.25, 0.3) is 0 Å². The van der Waals surface area contributed by atoms with Gasteiger partial charge in [-0.1, -0.05) is 84.5 Å². The molecule has 1 aliphatic carbocycles. The molecule has 170 valence electrons. The molecule has 0 saturated heterocycles. The smallest absolute Gasteiger partial charge is 0.0985 e. The Balaban J connectivity index is 1.38. The number of benzene rings is 2. The van der Waals surface area contributed by atoms with Gasteiger partial charge in [-0.05, 0) is 73.6 Å². The summed E-state index contributed by atoms with van der Waals surface area (Å²) >= 11 is 10.7. The van der Waals surface area contributed by atoms with E-state index in [0.717, 1.165) is 37.3 Å². The highest BCUT2D eigenvalue weighted by Crippen LogP contribution is 2.45. The molecule has 0 spiro atoms. The van der Waals surface area contributed by atoms with E-state index in [2.05, 4.69) is 90.8 Å². The van der Waals surface area contributed by atoms with Crippen LogP contribution in [0.1, 0.15) is 39.5 Å². The van der Waals surface area contributed by atoms with E-state index >= 15 is 0 Å². The molecule has 0 fully saturated rings. The number of fused-ring (bicyclic) bond motifs is 2. The van der Waals surface area contributed by atoms with Crippen molar-refractivity contribution in [2.24, 2.45) is 0 Å². The third-order valence-electron chi connectivity index (χ3n) is 6.36. The van der Waals surface area contributed by atoms with Crippen LogP contribution < -0.4 is 10.2 Å². The predicted molar refractivity (Wildman–Crippen MR) is 146 cm³/mol. The number of allylic oxidation sites excluding steroid dienone is 6. The first-order valence-electron chi connectivity index (χ1n) is 11.7. The van der Waals surface area contributed by atoms with Crippen molar-refractivity contribution in [2.75, 3.05) is 16.8 Å². The SMILES string of the molecule is CCC(C=C1CCCC(C=CC2Sc3ccccc3N2CC)=C1Cl)=C1Nc2ccccc2S1. The van der Waals surface area contributed by atoms with Gasteiger partial charge in [-0.2, -0.15) is 0 Å². The number of thioether (sulfide) groups is 2. The van der Waals surface area contributed by atoms with Crippen LogP contribution in [0.5, 0.6) is 0 Å². The van der Waals surface area contributed by atoms with Crippen LogP contribution in [0.25, 0.3) is 0 Å². The number of anilines is 2. The number of nitrogens with zero attached hydrogens (tertiary/aromatic N) is 1. The molecule has 3 aliphatic rings. The molecule has 0 amide bonds. The van der Waals surface area contributed by atoms with Crippen LogP contribution in [0.4, 0.5) is 11.4 Å². The summed E-state index contributed by atoms with van der Waals surface area (Å²) in [6.45, 7) is 5.45. The number of halogens is 1. The van der Waals surface area contributed by atoms with Crippen molar-refractivity contribution in [3.8, 4) is 0 Å². The van der Waals surface area contributed by atoms with E-state index in [1.54, 1.807) is 0 Å². The average molecular weight is 493 g/mol. The first kappa shape index (κ1) is 22.8. The summed E-state index contributed by atoms with van der Waals surface area (Å²) in [5.41, 5.74) is 6.39. The first-order valence-corrected chi connectivity index (χ1v) is 13.8. The number of hydrogen-bond donors (Lipinski definition) is 1. The Kier molecular flexibility index (Phi) is 6.96. The zero-order chi connectivity index (χ0) is 22.8. The maximum absolute atomic E-state index is 6.98. The van der Waals surface area contributed by atoms with Gasteiger partial charge in [0.15, 0.2) is 0 Å². The molecule has 2 nitrogen and oxygen atoms in total. The molecule has 2 aliphatic heterocycles. The first-order chi connectivity index (χ1) is 16.2. The van der Waals surface area contributed by atoms with E-state index in [-0.39, 0.29) is 0 Å². The molecule has 0 aromatic heterocycles. The minimum absolute atomic E-state index is 0.324. The lowest BCUT2D eigenvalue weighted by atomic mass is 9.93. The molecular formula is C28H29ClN2S2. The van der Waals surface area contributed by atoms with Crippen LogP contribution in [0.2, 0.25) is 0 Å². The molecule has 2 aromatic carbocycles. The van der Waals surface area contributed by atoms with Gasteiger partial charge in [0.1, 0.15) is 0 Å². The van der Waals surface area contributed by atoms with Crippen molar-refractivity contribution in [2.45, 2.75) is 54.7 Å². The van der Waals surface area contributed by atoms with Gasteiger partial charge >= 0.3 is 0 Å². The average Bonchev–Trinajstić information content (AvgIpc) is 3.43. The summed E-state index contributed by atoms with van der Waals surface area (Å²) in [5, 5.41) is 6.10. The Bertz CT molecular complexity index is 1150. The van der Waals surface area contributed by atoms with Gasteiger partial charge in [-0.3, -0.25) is 0 Å². The second kappa shape index (κ2) is 10.1. The molecule has 5 heteroatoms. The second-order valence-corrected chi connectivity index (χ2v) is 11.0. The third kappa shape index (κ3) is 4.66. The maximum Gasteiger partial charge on any atom is 0.0985 e. The standard InChI is InChI=1S/C28H29ClN2S2/c1-3-19(28-30-22-12-5-7-14-24(22)33-28)18-21-11-9-10-20(27(21)29)16-17-26-31(4-2)23-13-6-8-15-25(23)32-26/h5-8,12-18,26,30H,3-4,9-11H2,1-2H3. The zero-order valence-electron chi connectivity index (χ0n) is 19.1. The van der Waals surface area contributed by atoms with E-state index < -0.39 is 0 Å². The third-order valence-corrected chi connectivity index (χ3v) is 9.24. The monoisotopic (exact) mass is 492 g/mol. The van der Waals surface area contributed by atoms with E-state index in [9.17, 15) is 0 Å². The summed E-state index contributed by atoms with van der Waals surface area (Å²) in [6.07, 6.45) is 11.1. The molecule has 33 heavy (non-hydrogen) atoms. The Morgan fingerprint density at radius 3 is 2.67 bits per heavy atom. The quantitative estimate of drug-likeness (QED) is 0.447. The Morgan fingerprint density at radius 1 is 1.09 bits per heavy atom. The lowest BCUT2D eigenvalue weighted by molar-refractivity contribution is 0.788. The van der Waals surface area contributed by atoms with Crippen LogP contribution in [-0.4, -0.2) is 11.9 Å². The highest BCUT2D eigenvalue weighted by molar-refractivity contribution is 8.03. The fourth-order valence-electron chi connectivity index (χ4n) is 4.60. The molecular weight excluding hydrogens is 464 g/mol. The minimum atomic E-state index is 0.324. The van der Waals surface area contributed by atoms with Gasteiger partial charge in [0, 0.05) is 21.4 Å². The fourth-order valence-corrected chi connectivity index (χ4v) is 7.27. The number of hydrogen-bond acceptors (Lipinski definition) is 4. The lowest BCUT2D eigenvalue weighted by Gasteiger charge is -2.23. The summed E-state index contributed by atoms with van der Waals surface area (Å²) in [5.74, 6) is 0. The summed E-state index contributed by atoms with van der Waals surface area (Å²) in [4.78, 5) is 5.12. The lowest BCUT2D eigenvalue weighted by Crippen LogP contribution is -2.27. The summed E-state index contributed by atoms with van der Waals surface area (Å²) in [7, 11) is 0. The molecule has 1 atom stereocenters. The van der Waals surface area contributed by atoms with E-state index in [1.165, 1.54) is 42.9 Å². The van der Waals surface area contributed by atoms with Crippen LogP contribution in [0.15, 0.2) is 103 Å². The van der Waals surface area contributed by atoms with Crippen molar-refractivity contribution in [3.05, 3.63) is 93.5 Å². The molecule has 1 N–H and O–H groups in total. The summed E-state index contributed by atoms with van der Waals surface area (Å²) < 4.78 is 0. The molecule has 0 bridgehead atoms. The molecule has 5 rings (SSSR count). The van der Waals surface area contributed by atoms with Crippen LogP contribution in [0, 0.1) is 0 Å². The van der Waals surface area contributed by atoms with Gasteiger partial charge in [0.2, 0.25) is 0 Å². The molecule has 1 unspecified atom stereocenters. The van der Waals surface area contributed by atoms with Crippen molar-refractivity contribution in [3.63, 3.8) is 0 Å². The molecule has 2 heterocycles. The van der Waals surface area contributed by atoms with Crippen molar-refractivity contribution >= 4 is 46.5 Å². The number of nitrogens with one attached hydrogen (secondary N) is 1. The zero-order valence-corrected chi connectivity index (χ0v) is 21.5. The fraction of sp³-hybridized carbons (Fsp3) is 0.286. The largest absolute Gasteiger partial charge is 0.355 e. The van der Waals surface area contributed by atoms with Crippen LogP contribution >= 0.6 is 35.1 Å². The predicted octanol–water partition coefficient (Wildman–Crippen LogP) is 8.94. The topological polar surface area (TPSA) is 15.3 Å². The molecule has 0 radical (unpaired) electrons. The molecule has 0 saturated carbocycles. The number of rotatable bonds is 5. The van der Waals surface area contributed by atoms with Gasteiger partial charge in [0.05, 0.1) is 21.8 Å². The van der Waals surface area contributed by atoms with Crippen molar-refractivity contribution in [1.82, 2.24) is 0 Å². The van der Waals surface area contributed by atoms with E-state index in [0.29, 0.717) is 5.37 Å². The second-order valence-electron chi connectivity index (χ2n) is 8.41. The van der Waals surface area contributed by atoms with E-state index in [1.807, 2.05) is 23.5 Å². The van der Waals surface area contributed by atoms with Crippen LogP contribution in [-0.2, 0) is 0 Å². The Hall–Kier alpha value is -2.01. The highest BCUT2D eigenvalue weighted by atomic mass is 35.5. The van der Waals surface area contributed by atoms with Gasteiger partial charge in [-0.15, -0.1) is 0 Å². The van der Waals surface area contributed by atoms with Crippen LogP contribution in [0.3, 0.4) is 0 Å². The van der Waals surface area contributed by atoms with Crippen molar-refractivity contribution < 1.29 is 0 Å². The normalized spacial score (nSPS) is 22.7. The highest BCUT2D eigenvalue weighted by Gasteiger charge is 2.27. The summed E-state index contributed by atoms with van der Waals surface area (Å²) in [6, 6.07) is 17.2. The van der Waals surface area contributed by atoms with Gasteiger partial charge < -0.3 is 10.2 Å². The minimum Gasteiger partial charge on any atom is -0.355 e. The maximum atomic E-state index is 6.98. The van der Waals surface area contributed by atoms with Gasteiger partial charge in [-0.25, -0.2) is 0 Å². The number of likely N-dealkylation sites (N-methyl/N-ethyl adjacent to an activating group) is 1. The van der Waals surface area contributed by atoms with E-state index in [4.69, 9.17) is 11.6 Å². The Morgan fingerprint density at radius 2 is 1.88 bits per heavy atom. The van der Waals surface area contributed by atoms with Crippen molar-refractivity contribution in [1.29, 1.82) is 0 Å². The number of para-hydroxylation sites is 2.